The molecule has 120 valence electrons. The first kappa shape index (κ1) is 24.1. The van der Waals surface area contributed by atoms with Crippen LogP contribution in [0.1, 0.15) is 41.5 Å². The van der Waals surface area contributed by atoms with Crippen LogP contribution in [-0.2, 0) is 26.2 Å². The van der Waals surface area contributed by atoms with Crippen LogP contribution < -0.4 is 0 Å². The Labute approximate surface area is 162 Å². The van der Waals surface area contributed by atoms with Crippen LogP contribution in [0.5, 0.6) is 0 Å². The van der Waals surface area contributed by atoms with E-state index in [1.807, 2.05) is 60.7 Å². The molecule has 0 spiro atoms. The molecule has 0 aromatic heterocycles. The summed E-state index contributed by atoms with van der Waals surface area (Å²) in [6, 6.07) is 20.0. The molecular weight excluding hydrogens is 355 g/mol. The topological polar surface area (TPSA) is 0 Å². The SMILES string of the molecule is CC(C)(C)[C-]=C=C=[C-]C(C)(C)C.[Zr+4].c1cc[cH-]c1.c1cc[cH-]c1. The zero-order valence-electron chi connectivity index (χ0n) is 15.3. The van der Waals surface area contributed by atoms with E-state index in [9.17, 15) is 0 Å². The first-order valence-corrected chi connectivity index (χ1v) is 7.58. The molecule has 0 aliphatic carbocycles. The third-order valence-corrected chi connectivity index (χ3v) is 2.05. The van der Waals surface area contributed by atoms with Crippen LogP contribution in [0.3, 0.4) is 0 Å². The maximum Gasteiger partial charge on any atom is 4.00 e. The summed E-state index contributed by atoms with van der Waals surface area (Å²) >= 11 is 0. The molecule has 2 rings (SSSR count). The number of allylic oxidation sites excluding steroid dienone is 2. The summed E-state index contributed by atoms with van der Waals surface area (Å²) in [7, 11) is 0. The molecule has 1 heteroatoms. The largest absolute Gasteiger partial charge is 4.00 e. The number of rotatable bonds is 0. The van der Waals surface area contributed by atoms with E-state index >= 15 is 0 Å². The zero-order chi connectivity index (χ0) is 16.9. The molecule has 0 unspecified atom stereocenters. The Kier molecular flexibility index (Phi) is 14.0. The second-order valence-electron chi connectivity index (χ2n) is 6.92. The van der Waals surface area contributed by atoms with Crippen molar-refractivity contribution in [3.8, 4) is 0 Å². The van der Waals surface area contributed by atoms with E-state index in [2.05, 4.69) is 65.2 Å². The monoisotopic (exact) mass is 382 g/mol. The van der Waals surface area contributed by atoms with Gasteiger partial charge in [-0.05, 0) is 0 Å². The third-order valence-electron chi connectivity index (χ3n) is 2.05. The van der Waals surface area contributed by atoms with E-state index in [1.54, 1.807) is 0 Å². The Balaban J connectivity index is 0. The standard InChI is InChI=1S/C12H18.2C5H5.Zr/c1-11(2,3)9-7-8-10-12(4,5)6;2*1-2-4-5-3-1;/h1-6H3;2*1-5H;/q-2;2*-1;+4. The van der Waals surface area contributed by atoms with Crippen molar-refractivity contribution in [1.82, 2.24) is 0 Å². The van der Waals surface area contributed by atoms with Gasteiger partial charge in [0.1, 0.15) is 0 Å². The fraction of sp³-hybridized carbons (Fsp3) is 0.364. The minimum atomic E-state index is 0. The van der Waals surface area contributed by atoms with Gasteiger partial charge in [-0.3, -0.25) is 0 Å². The van der Waals surface area contributed by atoms with Crippen LogP contribution in [0.4, 0.5) is 0 Å². The Morgan fingerprint density at radius 1 is 0.609 bits per heavy atom. The van der Waals surface area contributed by atoms with Gasteiger partial charge in [0.25, 0.3) is 0 Å². The van der Waals surface area contributed by atoms with Crippen molar-refractivity contribution >= 4 is 0 Å². The van der Waals surface area contributed by atoms with Gasteiger partial charge in [-0.2, -0.15) is 36.4 Å². The normalized spacial score (nSPS) is 9.48. The van der Waals surface area contributed by atoms with Crippen LogP contribution in [0.15, 0.2) is 72.1 Å². The first-order valence-electron chi connectivity index (χ1n) is 7.58. The van der Waals surface area contributed by atoms with Crippen molar-refractivity contribution in [3.63, 3.8) is 0 Å². The molecular formula is C22H28Zr. The number of hydrogen-bond acceptors (Lipinski definition) is 0. The Bertz CT molecular complexity index is 443. The first-order chi connectivity index (χ1) is 10.2. The Hall–Kier alpha value is -1.12. The second-order valence-corrected chi connectivity index (χ2v) is 6.92. The van der Waals surface area contributed by atoms with E-state index in [4.69, 9.17) is 0 Å². The van der Waals surface area contributed by atoms with Gasteiger partial charge >= 0.3 is 26.2 Å². The molecule has 0 radical (unpaired) electrons. The minimum absolute atomic E-state index is 0. The third kappa shape index (κ3) is 23.3. The fourth-order valence-electron chi connectivity index (χ4n) is 1.08. The van der Waals surface area contributed by atoms with Gasteiger partial charge in [0.15, 0.2) is 0 Å². The van der Waals surface area contributed by atoms with Crippen LogP contribution in [0.25, 0.3) is 0 Å². The summed E-state index contributed by atoms with van der Waals surface area (Å²) in [5, 5.41) is 0. The predicted octanol–water partition coefficient (Wildman–Crippen LogP) is 6.36. The van der Waals surface area contributed by atoms with Crippen LogP contribution in [0.2, 0.25) is 0 Å². The van der Waals surface area contributed by atoms with Gasteiger partial charge in [-0.1, -0.05) is 41.5 Å². The van der Waals surface area contributed by atoms with Gasteiger partial charge < -0.3 is 23.6 Å². The van der Waals surface area contributed by atoms with Gasteiger partial charge in [-0.15, -0.1) is 10.8 Å². The van der Waals surface area contributed by atoms with Crippen molar-refractivity contribution in [3.05, 3.63) is 84.3 Å². The summed E-state index contributed by atoms with van der Waals surface area (Å²) < 4.78 is 0. The molecule has 2 aromatic carbocycles. The zero-order valence-corrected chi connectivity index (χ0v) is 17.7. The molecule has 2 aromatic rings. The molecule has 0 aliphatic heterocycles. The molecule has 0 nitrogen and oxygen atoms in total. The quantitative estimate of drug-likeness (QED) is 0.367. The maximum absolute atomic E-state index is 3.07. The molecule has 0 atom stereocenters. The molecule has 0 fully saturated rings. The molecule has 0 bridgehead atoms. The Morgan fingerprint density at radius 3 is 1.00 bits per heavy atom. The smallest absolute Gasteiger partial charge is 0.533 e. The van der Waals surface area contributed by atoms with Crippen molar-refractivity contribution in [2.75, 3.05) is 0 Å². The second kappa shape index (κ2) is 13.3. The molecule has 0 N–H and O–H groups in total. The molecule has 0 amide bonds. The van der Waals surface area contributed by atoms with Crippen molar-refractivity contribution in [1.29, 1.82) is 0 Å². The molecule has 0 aliphatic rings. The maximum atomic E-state index is 3.07. The van der Waals surface area contributed by atoms with Crippen molar-refractivity contribution in [2.45, 2.75) is 41.5 Å². The Morgan fingerprint density at radius 2 is 0.870 bits per heavy atom. The van der Waals surface area contributed by atoms with Gasteiger partial charge in [0, 0.05) is 0 Å². The van der Waals surface area contributed by atoms with E-state index in [0.29, 0.717) is 0 Å². The summed E-state index contributed by atoms with van der Waals surface area (Å²) in [5.74, 6) is 0. The summed E-state index contributed by atoms with van der Waals surface area (Å²) in [4.78, 5) is 0. The van der Waals surface area contributed by atoms with Crippen molar-refractivity contribution < 1.29 is 26.2 Å². The van der Waals surface area contributed by atoms with Crippen LogP contribution >= 0.6 is 0 Å². The molecule has 0 saturated carbocycles. The minimum Gasteiger partial charge on any atom is -0.533 e. The van der Waals surface area contributed by atoms with Crippen molar-refractivity contribution in [2.24, 2.45) is 10.8 Å². The van der Waals surface area contributed by atoms with Gasteiger partial charge in [0.2, 0.25) is 0 Å². The molecule has 0 saturated heterocycles. The van der Waals surface area contributed by atoms with Gasteiger partial charge in [-0.25, -0.2) is 24.3 Å². The van der Waals surface area contributed by atoms with E-state index in [-0.39, 0.29) is 37.0 Å². The molecule has 23 heavy (non-hydrogen) atoms. The summed E-state index contributed by atoms with van der Waals surface area (Å²) in [6.45, 7) is 12.5. The average molecular weight is 384 g/mol. The van der Waals surface area contributed by atoms with Crippen LogP contribution in [0, 0.1) is 23.0 Å². The average Bonchev–Trinajstić information content (AvgIpc) is 3.08. The van der Waals surface area contributed by atoms with Gasteiger partial charge in [0.05, 0.1) is 0 Å². The van der Waals surface area contributed by atoms with E-state index < -0.39 is 0 Å². The summed E-state index contributed by atoms with van der Waals surface area (Å²) in [6.07, 6.45) is 6.14. The molecule has 0 heterocycles. The van der Waals surface area contributed by atoms with E-state index in [1.165, 1.54) is 0 Å². The summed E-state index contributed by atoms with van der Waals surface area (Å²) in [5.41, 5.74) is 5.87. The van der Waals surface area contributed by atoms with E-state index in [0.717, 1.165) is 0 Å². The number of hydrogen-bond donors (Lipinski definition) is 0. The fourth-order valence-corrected chi connectivity index (χ4v) is 1.08. The predicted molar refractivity (Wildman–Crippen MR) is 96.5 cm³/mol. The van der Waals surface area contributed by atoms with Crippen LogP contribution in [-0.4, -0.2) is 0 Å².